The molecule has 1 aromatic carbocycles. The monoisotopic (exact) mass is 379 g/mol. The second kappa shape index (κ2) is 8.33. The molecule has 0 aromatic heterocycles. The zero-order valence-corrected chi connectivity index (χ0v) is 15.3. The summed E-state index contributed by atoms with van der Waals surface area (Å²) in [4.78, 5) is 25.7. The van der Waals surface area contributed by atoms with Crippen molar-refractivity contribution in [1.82, 2.24) is 14.5 Å². The van der Waals surface area contributed by atoms with E-state index >= 15 is 0 Å². The van der Waals surface area contributed by atoms with Crippen LogP contribution in [0.25, 0.3) is 6.08 Å². The quantitative estimate of drug-likeness (QED) is 0.727. The van der Waals surface area contributed by atoms with Gasteiger partial charge < -0.3 is 19.7 Å². The van der Waals surface area contributed by atoms with Crippen molar-refractivity contribution >= 4 is 28.9 Å². The van der Waals surface area contributed by atoms with Gasteiger partial charge in [0.15, 0.2) is 11.5 Å². The van der Waals surface area contributed by atoms with E-state index in [1.165, 1.54) is 6.08 Å². The fraction of sp³-hybridized carbons (Fsp3) is 0.412. The predicted octanol–water partition coefficient (Wildman–Crippen LogP) is -0.0176. The zero-order chi connectivity index (χ0) is 18.5. The SMILES string of the molecule is CS(=O)N1CCN(C(=O)CNC(=O)/C=C/c2ccc3c(c2)OCO3)CC1. The maximum atomic E-state index is 12.1. The molecule has 1 fully saturated rings. The van der Waals surface area contributed by atoms with Gasteiger partial charge in [-0.1, -0.05) is 6.07 Å². The second-order valence-corrected chi connectivity index (χ2v) is 7.26. The van der Waals surface area contributed by atoms with Gasteiger partial charge in [-0.15, -0.1) is 0 Å². The van der Waals surface area contributed by atoms with Crippen molar-refractivity contribution in [1.29, 1.82) is 0 Å². The number of amides is 2. The maximum Gasteiger partial charge on any atom is 0.244 e. The molecular weight excluding hydrogens is 358 g/mol. The van der Waals surface area contributed by atoms with Crippen molar-refractivity contribution < 1.29 is 23.3 Å². The minimum absolute atomic E-state index is 0.0560. The van der Waals surface area contributed by atoms with Gasteiger partial charge in [0.05, 0.1) is 17.5 Å². The van der Waals surface area contributed by atoms with Crippen molar-refractivity contribution in [3.05, 3.63) is 29.8 Å². The summed E-state index contributed by atoms with van der Waals surface area (Å²) in [5.74, 6) is 0.847. The van der Waals surface area contributed by atoms with Crippen LogP contribution >= 0.6 is 0 Å². The highest BCUT2D eigenvalue weighted by Crippen LogP contribution is 2.32. The molecule has 2 heterocycles. The Kier molecular flexibility index (Phi) is 5.89. The van der Waals surface area contributed by atoms with Crippen molar-refractivity contribution in [2.24, 2.45) is 0 Å². The van der Waals surface area contributed by atoms with Crippen molar-refractivity contribution in [3.63, 3.8) is 0 Å². The van der Waals surface area contributed by atoms with Crippen LogP contribution in [0.5, 0.6) is 11.5 Å². The number of hydrogen-bond donors (Lipinski definition) is 1. The fourth-order valence-electron chi connectivity index (χ4n) is 2.72. The first-order valence-corrected chi connectivity index (χ1v) is 9.76. The van der Waals surface area contributed by atoms with Crippen molar-refractivity contribution in [2.45, 2.75) is 0 Å². The van der Waals surface area contributed by atoms with Crippen LogP contribution < -0.4 is 14.8 Å². The number of benzene rings is 1. The number of carbonyl (C=O) groups is 2. The molecule has 2 aliphatic rings. The smallest absolute Gasteiger partial charge is 0.244 e. The average Bonchev–Trinajstić information content (AvgIpc) is 3.12. The fourth-order valence-corrected chi connectivity index (χ4v) is 3.39. The van der Waals surface area contributed by atoms with Gasteiger partial charge in [-0.3, -0.25) is 9.59 Å². The third-order valence-corrected chi connectivity index (χ3v) is 5.28. The van der Waals surface area contributed by atoms with Gasteiger partial charge in [0.2, 0.25) is 18.6 Å². The van der Waals surface area contributed by atoms with E-state index in [4.69, 9.17) is 9.47 Å². The van der Waals surface area contributed by atoms with Crippen LogP contribution in [0, 0.1) is 0 Å². The van der Waals surface area contributed by atoms with Crippen LogP contribution in [0.1, 0.15) is 5.56 Å². The summed E-state index contributed by atoms with van der Waals surface area (Å²) in [7, 11) is -1.01. The third-order valence-electron chi connectivity index (χ3n) is 4.19. The van der Waals surface area contributed by atoms with Gasteiger partial charge in [0, 0.05) is 38.5 Å². The summed E-state index contributed by atoms with van der Waals surface area (Å²) in [6, 6.07) is 5.39. The standard InChI is InChI=1S/C17H21N3O5S/c1-26(23)20-8-6-19(7-9-20)17(22)11-18-16(21)5-3-13-2-4-14-15(10-13)25-12-24-14/h2-5,10H,6-9,11-12H2,1H3,(H,18,21)/b5-3+. The summed E-state index contributed by atoms with van der Waals surface area (Å²) in [5.41, 5.74) is 0.805. The van der Waals surface area contributed by atoms with Gasteiger partial charge >= 0.3 is 0 Å². The molecule has 1 unspecified atom stereocenters. The Bertz CT molecular complexity index is 744. The molecule has 0 saturated carbocycles. The Morgan fingerprint density at radius 3 is 2.65 bits per heavy atom. The largest absolute Gasteiger partial charge is 0.454 e. The van der Waals surface area contributed by atoms with E-state index in [-0.39, 0.29) is 25.2 Å². The van der Waals surface area contributed by atoms with Crippen LogP contribution in [0.4, 0.5) is 0 Å². The lowest BCUT2D eigenvalue weighted by molar-refractivity contribution is -0.133. The first kappa shape index (κ1) is 18.4. The normalized spacial score (nSPS) is 18.1. The number of nitrogens with zero attached hydrogens (tertiary/aromatic N) is 2. The number of nitrogens with one attached hydrogen (secondary N) is 1. The highest BCUT2D eigenvalue weighted by atomic mass is 32.2. The second-order valence-electron chi connectivity index (χ2n) is 5.90. The van der Waals surface area contributed by atoms with E-state index in [2.05, 4.69) is 5.32 Å². The van der Waals surface area contributed by atoms with E-state index in [0.29, 0.717) is 37.7 Å². The average molecular weight is 379 g/mol. The van der Waals surface area contributed by atoms with Crippen LogP contribution in [0.3, 0.4) is 0 Å². The molecule has 2 aliphatic heterocycles. The van der Waals surface area contributed by atoms with Crippen molar-refractivity contribution in [2.75, 3.05) is 45.8 Å². The van der Waals surface area contributed by atoms with Crippen LogP contribution in [0.2, 0.25) is 0 Å². The molecule has 0 bridgehead atoms. The summed E-state index contributed by atoms with van der Waals surface area (Å²) in [6.07, 6.45) is 4.66. The maximum absolute atomic E-state index is 12.1. The van der Waals surface area contributed by atoms with E-state index in [9.17, 15) is 13.8 Å². The van der Waals surface area contributed by atoms with E-state index in [0.717, 1.165) is 5.56 Å². The highest BCUT2D eigenvalue weighted by Gasteiger charge is 2.22. The molecule has 2 amide bonds. The lowest BCUT2D eigenvalue weighted by Crippen LogP contribution is -2.51. The zero-order valence-electron chi connectivity index (χ0n) is 14.5. The molecule has 0 radical (unpaired) electrons. The summed E-state index contributed by atoms with van der Waals surface area (Å²) >= 11 is 0. The summed E-state index contributed by atoms with van der Waals surface area (Å²) in [5, 5.41) is 2.59. The molecule has 0 spiro atoms. The van der Waals surface area contributed by atoms with Crippen LogP contribution in [-0.4, -0.2) is 71.0 Å². The van der Waals surface area contributed by atoms with Gasteiger partial charge in [-0.25, -0.2) is 8.51 Å². The summed E-state index contributed by atoms with van der Waals surface area (Å²) in [6.45, 7) is 2.33. The van der Waals surface area contributed by atoms with Crippen LogP contribution in [0.15, 0.2) is 24.3 Å². The third kappa shape index (κ3) is 4.61. The predicted molar refractivity (Wildman–Crippen MR) is 96.8 cm³/mol. The highest BCUT2D eigenvalue weighted by molar-refractivity contribution is 7.81. The van der Waals surface area contributed by atoms with E-state index < -0.39 is 11.0 Å². The van der Waals surface area contributed by atoms with E-state index in [1.54, 1.807) is 29.4 Å². The molecule has 8 nitrogen and oxygen atoms in total. The topological polar surface area (TPSA) is 88.2 Å². The Hall–Kier alpha value is -2.39. The number of piperazine rings is 1. The Morgan fingerprint density at radius 2 is 1.92 bits per heavy atom. The van der Waals surface area contributed by atoms with E-state index in [1.807, 2.05) is 10.4 Å². The number of ether oxygens (including phenoxy) is 2. The molecule has 3 rings (SSSR count). The molecule has 1 saturated heterocycles. The van der Waals surface area contributed by atoms with Gasteiger partial charge in [0.25, 0.3) is 0 Å². The van der Waals surface area contributed by atoms with Gasteiger partial charge in [-0.2, -0.15) is 0 Å². The molecule has 1 aromatic rings. The first-order chi connectivity index (χ1) is 12.5. The molecule has 0 aliphatic carbocycles. The Balaban J connectivity index is 1.44. The number of rotatable bonds is 5. The molecular formula is C17H21N3O5S. The van der Waals surface area contributed by atoms with Crippen LogP contribution in [-0.2, 0) is 20.6 Å². The number of carbonyl (C=O) groups excluding carboxylic acids is 2. The Labute approximate surface area is 154 Å². The molecule has 140 valence electrons. The number of hydrogen-bond acceptors (Lipinski definition) is 5. The van der Waals surface area contributed by atoms with Crippen molar-refractivity contribution in [3.8, 4) is 11.5 Å². The van der Waals surface area contributed by atoms with Gasteiger partial charge in [-0.05, 0) is 23.8 Å². The molecule has 26 heavy (non-hydrogen) atoms. The first-order valence-electron chi connectivity index (χ1n) is 8.25. The van der Waals surface area contributed by atoms with Gasteiger partial charge in [0.1, 0.15) is 0 Å². The lowest BCUT2D eigenvalue weighted by Gasteiger charge is -2.33. The molecule has 9 heteroatoms. The minimum atomic E-state index is -1.01. The Morgan fingerprint density at radius 1 is 1.19 bits per heavy atom. The molecule has 1 N–H and O–H groups in total. The lowest BCUT2D eigenvalue weighted by atomic mass is 10.2. The summed E-state index contributed by atoms with van der Waals surface area (Å²) < 4.78 is 23.7. The molecule has 1 atom stereocenters. The number of fused-ring (bicyclic) bond motifs is 1. The minimum Gasteiger partial charge on any atom is -0.454 e.